The maximum atomic E-state index is 12.1. The van der Waals surface area contributed by atoms with E-state index in [1.807, 2.05) is 37.3 Å². The minimum Gasteiger partial charge on any atom is -0.344 e. The maximum absolute atomic E-state index is 12.1. The third-order valence-electron chi connectivity index (χ3n) is 4.64. The zero-order valence-corrected chi connectivity index (χ0v) is 11.4. The second-order valence-electron chi connectivity index (χ2n) is 5.78. The van der Waals surface area contributed by atoms with Gasteiger partial charge >= 0.3 is 0 Å². The first-order valence-electron chi connectivity index (χ1n) is 7.01. The van der Waals surface area contributed by atoms with Gasteiger partial charge in [-0.15, -0.1) is 0 Å². The quantitative estimate of drug-likeness (QED) is 0.837. The van der Waals surface area contributed by atoms with Crippen molar-refractivity contribution in [2.45, 2.75) is 45.0 Å². The largest absolute Gasteiger partial charge is 0.344 e. The van der Waals surface area contributed by atoms with Crippen LogP contribution in [0.25, 0.3) is 0 Å². The number of benzene rings is 1. The number of carbonyl (C=O) groups excluding carboxylic acids is 1. The van der Waals surface area contributed by atoms with Gasteiger partial charge < -0.3 is 9.47 Å². The van der Waals surface area contributed by atoms with E-state index in [0.29, 0.717) is 6.61 Å². The van der Waals surface area contributed by atoms with E-state index in [9.17, 15) is 4.79 Å². The summed E-state index contributed by atoms with van der Waals surface area (Å²) in [5, 5.41) is 0. The van der Waals surface area contributed by atoms with Crippen molar-refractivity contribution in [3.8, 4) is 0 Å². The lowest BCUT2D eigenvalue weighted by molar-refractivity contribution is -0.274. The number of ether oxygens (including phenoxy) is 2. The highest BCUT2D eigenvalue weighted by Gasteiger charge is 2.60. The van der Waals surface area contributed by atoms with Gasteiger partial charge in [0.05, 0.1) is 12.0 Å². The third kappa shape index (κ3) is 2.01. The van der Waals surface area contributed by atoms with Crippen LogP contribution >= 0.6 is 0 Å². The molecule has 0 unspecified atom stereocenters. The van der Waals surface area contributed by atoms with Gasteiger partial charge in [0, 0.05) is 6.42 Å². The highest BCUT2D eigenvalue weighted by molar-refractivity contribution is 5.88. The molecule has 2 fully saturated rings. The normalized spacial score (nSPS) is 34.3. The van der Waals surface area contributed by atoms with Crippen LogP contribution in [0, 0.1) is 5.41 Å². The molecule has 1 saturated carbocycles. The van der Waals surface area contributed by atoms with E-state index in [0.717, 1.165) is 31.2 Å². The second-order valence-corrected chi connectivity index (χ2v) is 5.78. The molecule has 0 radical (unpaired) electrons. The van der Waals surface area contributed by atoms with E-state index in [2.05, 4.69) is 0 Å². The number of hydrogen-bond donors (Lipinski definition) is 0. The molecule has 1 aromatic rings. The Morgan fingerprint density at radius 2 is 1.95 bits per heavy atom. The van der Waals surface area contributed by atoms with Gasteiger partial charge in [0.15, 0.2) is 11.6 Å². The van der Waals surface area contributed by atoms with Crippen LogP contribution in [0.5, 0.6) is 0 Å². The van der Waals surface area contributed by atoms with Crippen LogP contribution in [0.1, 0.15) is 38.2 Å². The molecule has 0 amide bonds. The predicted molar refractivity (Wildman–Crippen MR) is 71.5 cm³/mol. The lowest BCUT2D eigenvalue weighted by Gasteiger charge is -2.44. The van der Waals surface area contributed by atoms with E-state index < -0.39 is 11.2 Å². The van der Waals surface area contributed by atoms with Crippen LogP contribution in [0.15, 0.2) is 30.3 Å². The van der Waals surface area contributed by atoms with Crippen molar-refractivity contribution < 1.29 is 14.3 Å². The van der Waals surface area contributed by atoms with Gasteiger partial charge in [-0.1, -0.05) is 36.8 Å². The zero-order valence-electron chi connectivity index (χ0n) is 11.4. The van der Waals surface area contributed by atoms with Crippen molar-refractivity contribution in [3.63, 3.8) is 0 Å². The molecular formula is C16H20O3. The number of Topliss-reactive ketones (excluding diaryl/α,β-unsaturated/α-hetero) is 1. The van der Waals surface area contributed by atoms with Crippen LogP contribution in [-0.4, -0.2) is 18.2 Å². The Labute approximate surface area is 113 Å². The SMILES string of the molecule is C[C@]12CCCC[C@@]1(OCc1ccccc1)OCC2=O. The molecule has 1 saturated heterocycles. The molecule has 19 heavy (non-hydrogen) atoms. The summed E-state index contributed by atoms with van der Waals surface area (Å²) >= 11 is 0. The molecule has 0 bridgehead atoms. The zero-order chi connectivity index (χ0) is 13.3. The summed E-state index contributed by atoms with van der Waals surface area (Å²) in [4.78, 5) is 12.1. The number of hydrogen-bond acceptors (Lipinski definition) is 3. The second kappa shape index (κ2) is 4.73. The summed E-state index contributed by atoms with van der Waals surface area (Å²) in [7, 11) is 0. The number of fused-ring (bicyclic) bond motifs is 1. The van der Waals surface area contributed by atoms with Crippen LogP contribution in [0.2, 0.25) is 0 Å². The van der Waals surface area contributed by atoms with Crippen LogP contribution in [0.3, 0.4) is 0 Å². The molecule has 1 aliphatic carbocycles. The van der Waals surface area contributed by atoms with Gasteiger partial charge in [0.2, 0.25) is 0 Å². The molecule has 1 aliphatic heterocycles. The minimum atomic E-state index is -0.696. The average molecular weight is 260 g/mol. The van der Waals surface area contributed by atoms with Crippen LogP contribution in [0.4, 0.5) is 0 Å². The van der Waals surface area contributed by atoms with Gasteiger partial charge in [-0.25, -0.2) is 0 Å². The Hall–Kier alpha value is -1.19. The topological polar surface area (TPSA) is 35.5 Å². The Morgan fingerprint density at radius 3 is 2.74 bits per heavy atom. The molecule has 0 aromatic heterocycles. The fourth-order valence-corrected chi connectivity index (χ4v) is 3.27. The molecule has 0 spiro atoms. The monoisotopic (exact) mass is 260 g/mol. The van der Waals surface area contributed by atoms with Crippen molar-refractivity contribution >= 4 is 5.78 Å². The maximum Gasteiger partial charge on any atom is 0.181 e. The molecule has 102 valence electrons. The van der Waals surface area contributed by atoms with E-state index in [-0.39, 0.29) is 12.4 Å². The summed E-state index contributed by atoms with van der Waals surface area (Å²) in [6.07, 6.45) is 3.85. The highest BCUT2D eigenvalue weighted by atomic mass is 16.7. The third-order valence-corrected chi connectivity index (χ3v) is 4.64. The summed E-state index contributed by atoms with van der Waals surface area (Å²) in [6.45, 7) is 2.71. The molecule has 1 aromatic carbocycles. The lowest BCUT2D eigenvalue weighted by Crippen LogP contribution is -2.50. The fraction of sp³-hybridized carbons (Fsp3) is 0.562. The molecule has 1 heterocycles. The van der Waals surface area contributed by atoms with Crippen molar-refractivity contribution in [1.82, 2.24) is 0 Å². The highest BCUT2D eigenvalue weighted by Crippen LogP contribution is 2.52. The number of ketones is 1. The van der Waals surface area contributed by atoms with E-state index >= 15 is 0 Å². The van der Waals surface area contributed by atoms with E-state index in [1.54, 1.807) is 0 Å². The van der Waals surface area contributed by atoms with Crippen molar-refractivity contribution in [1.29, 1.82) is 0 Å². The standard InChI is InChI=1S/C16H20O3/c1-15-9-5-6-10-16(15,19-12-14(15)17)18-11-13-7-3-2-4-8-13/h2-4,7-8H,5-6,9-12H2,1H3/t15-,16-/m1/s1. The molecule has 3 rings (SSSR count). The number of rotatable bonds is 3. The van der Waals surface area contributed by atoms with Crippen molar-refractivity contribution in [3.05, 3.63) is 35.9 Å². The Balaban J connectivity index is 1.79. The van der Waals surface area contributed by atoms with Gasteiger partial charge in [0.1, 0.15) is 6.61 Å². The summed E-state index contributed by atoms with van der Waals surface area (Å²) in [6, 6.07) is 10.1. The first kappa shape index (κ1) is 12.8. The number of carbonyl (C=O) groups is 1. The minimum absolute atomic E-state index is 0.195. The molecule has 0 N–H and O–H groups in total. The molecule has 3 nitrogen and oxygen atoms in total. The molecule has 3 heteroatoms. The van der Waals surface area contributed by atoms with E-state index in [4.69, 9.17) is 9.47 Å². The average Bonchev–Trinajstić information content (AvgIpc) is 2.71. The lowest BCUT2D eigenvalue weighted by atomic mass is 9.69. The molecular weight excluding hydrogens is 240 g/mol. The van der Waals surface area contributed by atoms with Gasteiger partial charge in [-0.2, -0.15) is 0 Å². The Bertz CT molecular complexity index is 470. The molecule has 2 aliphatic rings. The fourth-order valence-electron chi connectivity index (χ4n) is 3.27. The summed E-state index contributed by atoms with van der Waals surface area (Å²) in [5.74, 6) is -0.502. The predicted octanol–water partition coefficient (Wildman–Crippen LogP) is 3.08. The van der Waals surface area contributed by atoms with Crippen molar-refractivity contribution in [2.75, 3.05) is 6.61 Å². The van der Waals surface area contributed by atoms with Crippen LogP contribution in [-0.2, 0) is 20.9 Å². The van der Waals surface area contributed by atoms with Gasteiger partial charge in [-0.3, -0.25) is 4.79 Å². The van der Waals surface area contributed by atoms with Gasteiger partial charge in [0.25, 0.3) is 0 Å². The van der Waals surface area contributed by atoms with Crippen molar-refractivity contribution in [2.24, 2.45) is 5.41 Å². The Morgan fingerprint density at radius 1 is 1.21 bits per heavy atom. The Kier molecular flexibility index (Phi) is 3.19. The molecule has 2 atom stereocenters. The van der Waals surface area contributed by atoms with Gasteiger partial charge in [-0.05, 0) is 25.3 Å². The summed E-state index contributed by atoms with van der Waals surface area (Å²) in [5.41, 5.74) is 0.660. The van der Waals surface area contributed by atoms with Crippen LogP contribution < -0.4 is 0 Å². The van der Waals surface area contributed by atoms with E-state index in [1.165, 1.54) is 0 Å². The first-order valence-corrected chi connectivity index (χ1v) is 7.01. The smallest absolute Gasteiger partial charge is 0.181 e. The summed E-state index contributed by atoms with van der Waals surface area (Å²) < 4.78 is 11.9. The first-order chi connectivity index (χ1) is 9.16.